The smallest absolute Gasteiger partial charge is 0.198 e. The number of aryl methyl sites for hydroxylation is 1. The second kappa shape index (κ2) is 3.78. The summed E-state index contributed by atoms with van der Waals surface area (Å²) in [6.45, 7) is 0. The summed E-state index contributed by atoms with van der Waals surface area (Å²) in [6, 6.07) is 17.9. The molecule has 2 nitrogen and oxygen atoms in total. The van der Waals surface area contributed by atoms with Gasteiger partial charge in [0, 0.05) is 5.56 Å². The van der Waals surface area contributed by atoms with E-state index in [1.165, 1.54) is 0 Å². The second-order valence-corrected chi connectivity index (χ2v) is 5.28. The predicted molar refractivity (Wildman–Crippen MR) is 72.1 cm³/mol. The van der Waals surface area contributed by atoms with Gasteiger partial charge in [-0.25, -0.2) is 0 Å². The topological polar surface area (TPSA) is 29.6 Å². The fourth-order valence-electron chi connectivity index (χ4n) is 3.13. The van der Waals surface area contributed by atoms with Crippen molar-refractivity contribution in [3.05, 3.63) is 71.3 Å². The minimum absolute atomic E-state index is 0.0606. The molecule has 1 saturated heterocycles. The van der Waals surface area contributed by atoms with Gasteiger partial charge in [0.05, 0.1) is 0 Å². The Hall–Kier alpha value is -1.93. The zero-order valence-electron chi connectivity index (χ0n) is 10.5. The lowest BCUT2D eigenvalue weighted by Gasteiger charge is -2.20. The summed E-state index contributed by atoms with van der Waals surface area (Å²) in [6.07, 6.45) is 1.66. The molecular formula is C17H14O2. The lowest BCUT2D eigenvalue weighted by molar-refractivity contribution is 0.0850. The van der Waals surface area contributed by atoms with E-state index in [0.717, 1.165) is 29.5 Å². The van der Waals surface area contributed by atoms with Crippen molar-refractivity contribution in [1.82, 2.24) is 0 Å². The van der Waals surface area contributed by atoms with E-state index in [-0.39, 0.29) is 11.9 Å². The van der Waals surface area contributed by atoms with Gasteiger partial charge in [-0.15, -0.1) is 0 Å². The molecule has 2 heteroatoms. The molecule has 4 rings (SSSR count). The van der Waals surface area contributed by atoms with Crippen LogP contribution in [-0.2, 0) is 11.2 Å². The molecule has 1 spiro atoms. The van der Waals surface area contributed by atoms with Crippen LogP contribution in [-0.4, -0.2) is 11.4 Å². The van der Waals surface area contributed by atoms with Crippen LogP contribution in [0.5, 0.6) is 0 Å². The minimum atomic E-state index is -0.588. The second-order valence-electron chi connectivity index (χ2n) is 5.28. The Kier molecular flexibility index (Phi) is 2.18. The van der Waals surface area contributed by atoms with Crippen molar-refractivity contribution in [2.45, 2.75) is 24.5 Å². The van der Waals surface area contributed by atoms with Gasteiger partial charge in [-0.2, -0.15) is 0 Å². The van der Waals surface area contributed by atoms with E-state index in [1.807, 2.05) is 54.6 Å². The molecule has 1 heterocycles. The molecular weight excluding hydrogens is 236 g/mol. The number of fused-ring (bicyclic) bond motifs is 1. The Balaban J connectivity index is 1.71. The van der Waals surface area contributed by atoms with E-state index < -0.39 is 5.60 Å². The molecule has 2 aromatic rings. The van der Waals surface area contributed by atoms with Crippen LogP contribution in [0, 0.1) is 0 Å². The van der Waals surface area contributed by atoms with Crippen LogP contribution < -0.4 is 0 Å². The lowest BCUT2D eigenvalue weighted by atomic mass is 9.79. The van der Waals surface area contributed by atoms with Crippen molar-refractivity contribution in [3.8, 4) is 0 Å². The number of carbonyl (C=O) groups excluding carboxylic acids is 1. The third-order valence-corrected chi connectivity index (χ3v) is 4.21. The van der Waals surface area contributed by atoms with Crippen LogP contribution in [0.2, 0.25) is 0 Å². The Bertz CT molecular complexity index is 647. The minimum Gasteiger partial charge on any atom is -0.352 e. The highest BCUT2D eigenvalue weighted by molar-refractivity contribution is 6.07. The summed E-state index contributed by atoms with van der Waals surface area (Å²) >= 11 is 0. The van der Waals surface area contributed by atoms with Gasteiger partial charge in [0.2, 0.25) is 0 Å². The molecule has 2 aliphatic rings. The molecule has 0 aromatic heterocycles. The number of hydrogen-bond donors (Lipinski definition) is 0. The van der Waals surface area contributed by atoms with E-state index in [9.17, 15) is 4.79 Å². The molecule has 0 N–H and O–H groups in total. The largest absolute Gasteiger partial charge is 0.352 e. The van der Waals surface area contributed by atoms with E-state index in [0.29, 0.717) is 0 Å². The number of hydrogen-bond acceptors (Lipinski definition) is 2. The SMILES string of the molecule is O=C1c2ccccc2CC[C@]12O[C@H]2c1ccccc1. The molecule has 1 fully saturated rings. The van der Waals surface area contributed by atoms with Crippen molar-refractivity contribution in [2.75, 3.05) is 0 Å². The van der Waals surface area contributed by atoms with Crippen LogP contribution in [0.3, 0.4) is 0 Å². The number of epoxide rings is 1. The number of carbonyl (C=O) groups is 1. The maximum absolute atomic E-state index is 12.7. The van der Waals surface area contributed by atoms with Crippen molar-refractivity contribution < 1.29 is 9.53 Å². The molecule has 0 saturated carbocycles. The van der Waals surface area contributed by atoms with Crippen molar-refractivity contribution in [2.24, 2.45) is 0 Å². The standard InChI is InChI=1S/C17H14O2/c18-15-14-9-5-4-6-12(14)10-11-17(15)16(19-17)13-7-2-1-3-8-13/h1-9,16H,10-11H2/t16-,17-/m0/s1. The van der Waals surface area contributed by atoms with Gasteiger partial charge < -0.3 is 4.74 Å². The highest BCUT2D eigenvalue weighted by Gasteiger charge is 2.63. The summed E-state index contributed by atoms with van der Waals surface area (Å²) in [5.74, 6) is 0.156. The summed E-state index contributed by atoms with van der Waals surface area (Å²) in [5, 5.41) is 0. The first-order valence-electron chi connectivity index (χ1n) is 6.67. The quantitative estimate of drug-likeness (QED) is 0.727. The molecule has 2 atom stereocenters. The van der Waals surface area contributed by atoms with Crippen LogP contribution in [0.4, 0.5) is 0 Å². The van der Waals surface area contributed by atoms with Crippen LogP contribution in [0.15, 0.2) is 54.6 Å². The Morgan fingerprint density at radius 3 is 2.58 bits per heavy atom. The van der Waals surface area contributed by atoms with Gasteiger partial charge in [0.1, 0.15) is 6.10 Å². The van der Waals surface area contributed by atoms with E-state index >= 15 is 0 Å². The fraction of sp³-hybridized carbons (Fsp3) is 0.235. The van der Waals surface area contributed by atoms with E-state index in [1.54, 1.807) is 0 Å². The molecule has 0 bridgehead atoms. The zero-order chi connectivity index (χ0) is 12.9. The van der Waals surface area contributed by atoms with Gasteiger partial charge in [-0.3, -0.25) is 4.79 Å². The molecule has 0 unspecified atom stereocenters. The average molecular weight is 250 g/mol. The molecule has 0 radical (unpaired) electrons. The maximum Gasteiger partial charge on any atom is 0.198 e. The monoisotopic (exact) mass is 250 g/mol. The van der Waals surface area contributed by atoms with Gasteiger partial charge in [-0.05, 0) is 24.0 Å². The first kappa shape index (κ1) is 10.9. The van der Waals surface area contributed by atoms with Gasteiger partial charge in [0.25, 0.3) is 0 Å². The first-order chi connectivity index (χ1) is 9.31. The maximum atomic E-state index is 12.7. The number of Topliss-reactive ketones (excluding diaryl/α,β-unsaturated/α-hetero) is 1. The Morgan fingerprint density at radius 2 is 1.74 bits per heavy atom. The third kappa shape index (κ3) is 1.50. The zero-order valence-corrected chi connectivity index (χ0v) is 10.5. The number of ether oxygens (including phenoxy) is 1. The van der Waals surface area contributed by atoms with Crippen LogP contribution in [0.25, 0.3) is 0 Å². The summed E-state index contributed by atoms with van der Waals surface area (Å²) in [7, 11) is 0. The highest BCUT2D eigenvalue weighted by Crippen LogP contribution is 2.56. The number of benzene rings is 2. The van der Waals surface area contributed by atoms with Gasteiger partial charge >= 0.3 is 0 Å². The third-order valence-electron chi connectivity index (χ3n) is 4.21. The molecule has 1 aliphatic carbocycles. The normalized spacial score (nSPS) is 28.2. The lowest BCUT2D eigenvalue weighted by Crippen LogP contribution is -2.31. The summed E-state index contributed by atoms with van der Waals surface area (Å²) in [5.41, 5.74) is 2.51. The van der Waals surface area contributed by atoms with Gasteiger partial charge in [0.15, 0.2) is 11.4 Å². The number of ketones is 1. The number of rotatable bonds is 1. The van der Waals surface area contributed by atoms with Crippen molar-refractivity contribution >= 4 is 5.78 Å². The average Bonchev–Trinajstić information content (AvgIpc) is 3.20. The fourth-order valence-corrected chi connectivity index (χ4v) is 3.13. The first-order valence-corrected chi connectivity index (χ1v) is 6.67. The molecule has 94 valence electrons. The summed E-state index contributed by atoms with van der Waals surface area (Å²) in [4.78, 5) is 12.7. The summed E-state index contributed by atoms with van der Waals surface area (Å²) < 4.78 is 5.85. The van der Waals surface area contributed by atoms with Crippen molar-refractivity contribution in [1.29, 1.82) is 0 Å². The Morgan fingerprint density at radius 1 is 1.00 bits per heavy atom. The molecule has 0 amide bonds. The van der Waals surface area contributed by atoms with Gasteiger partial charge in [-0.1, -0.05) is 54.6 Å². The van der Waals surface area contributed by atoms with E-state index in [2.05, 4.69) is 0 Å². The van der Waals surface area contributed by atoms with Crippen molar-refractivity contribution in [3.63, 3.8) is 0 Å². The molecule has 1 aliphatic heterocycles. The van der Waals surface area contributed by atoms with Crippen LogP contribution in [0.1, 0.15) is 34.0 Å². The van der Waals surface area contributed by atoms with Crippen LogP contribution >= 0.6 is 0 Å². The van der Waals surface area contributed by atoms with E-state index in [4.69, 9.17) is 4.74 Å². The molecule has 2 aromatic carbocycles. The predicted octanol–water partition coefficient (Wildman–Crippen LogP) is 3.33. The highest BCUT2D eigenvalue weighted by atomic mass is 16.6. The Labute approximate surface area is 112 Å². The molecule has 19 heavy (non-hydrogen) atoms.